The molecule has 1 aliphatic heterocycles. The van der Waals surface area contributed by atoms with Gasteiger partial charge in [0.1, 0.15) is 11.5 Å². The molecule has 116 valence electrons. The number of rotatable bonds is 6. The molecule has 3 nitrogen and oxygen atoms in total. The maximum Gasteiger partial charge on any atom is 0.118 e. The summed E-state index contributed by atoms with van der Waals surface area (Å²) in [5.74, 6) is 4.91. The molecule has 2 aliphatic carbocycles. The van der Waals surface area contributed by atoms with Crippen molar-refractivity contribution >= 4 is 0 Å². The fourth-order valence-corrected chi connectivity index (χ4v) is 3.57. The summed E-state index contributed by atoms with van der Waals surface area (Å²) in [6, 6.07) is 5.15. The number of piperidine rings is 1. The van der Waals surface area contributed by atoms with E-state index in [9.17, 15) is 0 Å². The van der Waals surface area contributed by atoms with E-state index in [2.05, 4.69) is 29.3 Å². The third kappa shape index (κ3) is 3.51. The van der Waals surface area contributed by atoms with Crippen molar-refractivity contribution in [2.24, 2.45) is 11.8 Å². The Labute approximate surface area is 128 Å². The van der Waals surface area contributed by atoms with E-state index in [4.69, 9.17) is 4.42 Å². The second-order valence-corrected chi connectivity index (χ2v) is 7.53. The fraction of sp³-hybridized carbons (Fsp3) is 0.778. The molecule has 0 spiro atoms. The van der Waals surface area contributed by atoms with Crippen molar-refractivity contribution < 1.29 is 4.42 Å². The van der Waals surface area contributed by atoms with Gasteiger partial charge in [0, 0.05) is 25.0 Å². The van der Waals surface area contributed by atoms with Gasteiger partial charge >= 0.3 is 0 Å². The number of hydrogen-bond acceptors (Lipinski definition) is 3. The molecule has 0 bridgehead atoms. The molecule has 2 saturated carbocycles. The first-order chi connectivity index (χ1) is 10.3. The lowest BCUT2D eigenvalue weighted by molar-refractivity contribution is 0.177. The van der Waals surface area contributed by atoms with Crippen molar-refractivity contribution in [2.75, 3.05) is 19.6 Å². The molecular weight excluding hydrogens is 260 g/mol. The zero-order chi connectivity index (χ0) is 14.2. The number of furan rings is 1. The topological polar surface area (TPSA) is 28.4 Å². The van der Waals surface area contributed by atoms with E-state index in [-0.39, 0.29) is 0 Å². The Hall–Kier alpha value is -0.800. The highest BCUT2D eigenvalue weighted by Gasteiger charge is 2.36. The van der Waals surface area contributed by atoms with Crippen LogP contribution in [-0.4, -0.2) is 30.6 Å². The van der Waals surface area contributed by atoms with Gasteiger partial charge in [-0.25, -0.2) is 0 Å². The van der Waals surface area contributed by atoms with E-state index in [1.165, 1.54) is 57.5 Å². The normalized spacial score (nSPS) is 30.7. The number of likely N-dealkylation sites (tertiary alicyclic amines) is 1. The van der Waals surface area contributed by atoms with E-state index in [0.29, 0.717) is 5.92 Å². The van der Waals surface area contributed by atoms with Crippen LogP contribution in [0.5, 0.6) is 0 Å². The van der Waals surface area contributed by atoms with Crippen molar-refractivity contribution in [3.8, 4) is 0 Å². The highest BCUT2D eigenvalue weighted by atomic mass is 16.3. The highest BCUT2D eigenvalue weighted by molar-refractivity contribution is 5.17. The predicted molar refractivity (Wildman–Crippen MR) is 84.3 cm³/mol. The summed E-state index contributed by atoms with van der Waals surface area (Å²) >= 11 is 0. The van der Waals surface area contributed by atoms with E-state index in [0.717, 1.165) is 30.2 Å². The molecule has 2 heterocycles. The zero-order valence-electron chi connectivity index (χ0n) is 13.2. The molecule has 0 radical (unpaired) electrons. The lowest BCUT2D eigenvalue weighted by atomic mass is 10.0. The number of nitrogens with one attached hydrogen (secondary N) is 1. The summed E-state index contributed by atoms with van der Waals surface area (Å²) in [6.07, 6.45) is 6.80. The van der Waals surface area contributed by atoms with Crippen LogP contribution in [0.25, 0.3) is 0 Å². The van der Waals surface area contributed by atoms with Crippen molar-refractivity contribution in [3.05, 3.63) is 23.7 Å². The van der Waals surface area contributed by atoms with Gasteiger partial charge in [-0.1, -0.05) is 6.92 Å². The van der Waals surface area contributed by atoms with E-state index >= 15 is 0 Å². The predicted octanol–water partition coefficient (Wildman–Crippen LogP) is 3.37. The summed E-state index contributed by atoms with van der Waals surface area (Å²) in [5, 5.41) is 3.75. The molecule has 1 N–H and O–H groups in total. The summed E-state index contributed by atoms with van der Waals surface area (Å²) in [5.41, 5.74) is 0. The van der Waals surface area contributed by atoms with Crippen LogP contribution in [0.2, 0.25) is 0 Å². The lowest BCUT2D eigenvalue weighted by Crippen LogP contribution is -2.42. The maximum atomic E-state index is 6.04. The first kappa shape index (κ1) is 13.8. The van der Waals surface area contributed by atoms with Gasteiger partial charge in [-0.2, -0.15) is 0 Å². The average Bonchev–Trinajstić information content (AvgIpc) is 3.40. The fourth-order valence-electron chi connectivity index (χ4n) is 3.57. The van der Waals surface area contributed by atoms with Crippen LogP contribution < -0.4 is 5.32 Å². The van der Waals surface area contributed by atoms with Crippen LogP contribution in [0.15, 0.2) is 16.5 Å². The van der Waals surface area contributed by atoms with Crippen LogP contribution in [0.4, 0.5) is 0 Å². The second kappa shape index (κ2) is 5.77. The van der Waals surface area contributed by atoms with Crippen molar-refractivity contribution in [2.45, 2.75) is 57.5 Å². The Morgan fingerprint density at radius 3 is 2.62 bits per heavy atom. The Morgan fingerprint density at radius 1 is 1.19 bits per heavy atom. The Bertz CT molecular complexity index is 471. The number of hydrogen-bond donors (Lipinski definition) is 1. The molecule has 3 aliphatic rings. The van der Waals surface area contributed by atoms with Gasteiger partial charge in [0.2, 0.25) is 0 Å². The van der Waals surface area contributed by atoms with Gasteiger partial charge in [0.05, 0.1) is 6.54 Å². The minimum atomic E-state index is 0.705. The van der Waals surface area contributed by atoms with Gasteiger partial charge in [-0.05, 0) is 62.6 Å². The summed E-state index contributed by atoms with van der Waals surface area (Å²) in [7, 11) is 0. The molecule has 3 heteroatoms. The minimum Gasteiger partial charge on any atom is -0.464 e. The van der Waals surface area contributed by atoms with Gasteiger partial charge < -0.3 is 9.73 Å². The van der Waals surface area contributed by atoms with Crippen molar-refractivity contribution in [1.82, 2.24) is 10.2 Å². The molecule has 3 fully saturated rings. The van der Waals surface area contributed by atoms with Crippen LogP contribution in [0.1, 0.15) is 56.5 Å². The number of nitrogens with zero attached hydrogens (tertiary/aromatic N) is 1. The van der Waals surface area contributed by atoms with Crippen molar-refractivity contribution in [1.29, 1.82) is 0 Å². The first-order valence-corrected chi connectivity index (χ1v) is 8.82. The molecule has 2 atom stereocenters. The van der Waals surface area contributed by atoms with Crippen LogP contribution >= 0.6 is 0 Å². The Kier molecular flexibility index (Phi) is 3.80. The van der Waals surface area contributed by atoms with Crippen LogP contribution in [0.3, 0.4) is 0 Å². The Morgan fingerprint density at radius 2 is 1.95 bits per heavy atom. The van der Waals surface area contributed by atoms with E-state index in [1.54, 1.807) is 0 Å². The molecular formula is C18H28N2O. The largest absolute Gasteiger partial charge is 0.464 e. The van der Waals surface area contributed by atoms with Crippen LogP contribution in [0, 0.1) is 11.8 Å². The van der Waals surface area contributed by atoms with Crippen LogP contribution in [-0.2, 0) is 6.54 Å². The summed E-state index contributed by atoms with van der Waals surface area (Å²) in [6.45, 7) is 6.98. The molecule has 4 rings (SSSR count). The zero-order valence-corrected chi connectivity index (χ0v) is 13.2. The SMILES string of the molecule is CC1CC1c1ccc(CN2CCC(NCC3CC3)CC2)o1. The van der Waals surface area contributed by atoms with Gasteiger partial charge in [0.25, 0.3) is 0 Å². The molecule has 0 amide bonds. The summed E-state index contributed by atoms with van der Waals surface area (Å²) < 4.78 is 6.04. The smallest absolute Gasteiger partial charge is 0.118 e. The first-order valence-electron chi connectivity index (χ1n) is 8.82. The molecule has 1 aromatic heterocycles. The standard InChI is InChI=1S/C18H28N2O/c1-13-10-17(13)18-5-4-16(21-18)12-20-8-6-15(7-9-20)19-11-14-2-3-14/h4-5,13-15,17,19H,2-3,6-12H2,1H3. The third-order valence-corrected chi connectivity index (χ3v) is 5.52. The molecule has 0 aromatic carbocycles. The van der Waals surface area contributed by atoms with E-state index < -0.39 is 0 Å². The second-order valence-electron chi connectivity index (χ2n) is 7.53. The van der Waals surface area contributed by atoms with E-state index in [1.807, 2.05) is 0 Å². The van der Waals surface area contributed by atoms with Gasteiger partial charge in [-0.15, -0.1) is 0 Å². The minimum absolute atomic E-state index is 0.705. The maximum absolute atomic E-state index is 6.04. The monoisotopic (exact) mass is 288 g/mol. The highest BCUT2D eigenvalue weighted by Crippen LogP contribution is 2.47. The quantitative estimate of drug-likeness (QED) is 0.870. The molecule has 2 unspecified atom stereocenters. The molecule has 1 aromatic rings. The molecule has 1 saturated heterocycles. The molecule has 21 heavy (non-hydrogen) atoms. The Balaban J connectivity index is 1.21. The lowest BCUT2D eigenvalue weighted by Gasteiger charge is -2.31. The average molecular weight is 288 g/mol. The van der Waals surface area contributed by atoms with Gasteiger partial charge in [0.15, 0.2) is 0 Å². The third-order valence-electron chi connectivity index (χ3n) is 5.52. The van der Waals surface area contributed by atoms with Crippen molar-refractivity contribution in [3.63, 3.8) is 0 Å². The van der Waals surface area contributed by atoms with Gasteiger partial charge in [-0.3, -0.25) is 4.90 Å². The summed E-state index contributed by atoms with van der Waals surface area (Å²) in [4.78, 5) is 2.55.